The molecule has 0 aromatic heterocycles. The average Bonchev–Trinajstić information content (AvgIpc) is 3.14. The molecule has 1 aliphatic carbocycles. The average molecular weight is 439 g/mol. The molecule has 8 heteroatoms. The Balaban J connectivity index is 1.58. The summed E-state index contributed by atoms with van der Waals surface area (Å²) in [5.74, 6) is 0.565. The van der Waals surface area contributed by atoms with Crippen LogP contribution in [0.3, 0.4) is 0 Å². The molecule has 2 unspecified atom stereocenters. The molecule has 1 aliphatic heterocycles. The first-order chi connectivity index (χ1) is 14.3. The van der Waals surface area contributed by atoms with E-state index in [1.807, 2.05) is 6.07 Å². The highest BCUT2D eigenvalue weighted by atomic mass is 32.2. The van der Waals surface area contributed by atoms with Crippen LogP contribution in [0.5, 0.6) is 0 Å². The number of amides is 1. The number of hydrogen-bond donors (Lipinski definition) is 1. The van der Waals surface area contributed by atoms with E-state index in [9.17, 15) is 13.2 Å². The van der Waals surface area contributed by atoms with E-state index in [4.69, 9.17) is 9.47 Å². The van der Waals surface area contributed by atoms with Gasteiger partial charge in [-0.3, -0.25) is 0 Å². The van der Waals surface area contributed by atoms with Gasteiger partial charge in [0.05, 0.1) is 31.1 Å². The van der Waals surface area contributed by atoms with E-state index in [1.54, 1.807) is 18.7 Å². The first-order valence-electron chi connectivity index (χ1n) is 10.8. The molecule has 2 fully saturated rings. The molecule has 3 rings (SSSR count). The smallest absolute Gasteiger partial charge is 0.409 e. The number of nitrogens with zero attached hydrogens (tertiary/aromatic N) is 1. The fourth-order valence-electron chi connectivity index (χ4n) is 4.41. The van der Waals surface area contributed by atoms with Crippen LogP contribution < -0.4 is 4.72 Å². The summed E-state index contributed by atoms with van der Waals surface area (Å²) in [5, 5.41) is -0.528. The number of nitrogens with one attached hydrogen (secondary N) is 1. The van der Waals surface area contributed by atoms with Crippen LogP contribution >= 0.6 is 0 Å². The van der Waals surface area contributed by atoms with Crippen molar-refractivity contribution in [2.75, 3.05) is 20.3 Å². The second kappa shape index (κ2) is 10.1. The van der Waals surface area contributed by atoms with Gasteiger partial charge in [0.25, 0.3) is 0 Å². The van der Waals surface area contributed by atoms with Crippen LogP contribution in [0.25, 0.3) is 0 Å². The third kappa shape index (κ3) is 5.53. The van der Waals surface area contributed by atoms with E-state index in [0.29, 0.717) is 25.5 Å². The van der Waals surface area contributed by atoms with Gasteiger partial charge in [-0.05, 0) is 57.4 Å². The highest BCUT2D eigenvalue weighted by Gasteiger charge is 2.40. The van der Waals surface area contributed by atoms with E-state index in [0.717, 1.165) is 25.7 Å². The number of benzene rings is 1. The van der Waals surface area contributed by atoms with Crippen molar-refractivity contribution < 1.29 is 22.7 Å². The standard InChI is InChI=1S/C22H34N2O5S/c1-16(2)30(26,27)23-20-13-14-24(22(25)28-3)21(20)15-29-19-11-9-18(10-12-19)17-7-5-4-6-8-17/h4-8,16,18-21,23H,9-15H2,1-3H3. The van der Waals surface area contributed by atoms with Crippen LogP contribution in [-0.2, 0) is 19.5 Å². The van der Waals surface area contributed by atoms with Crippen molar-refractivity contribution in [1.29, 1.82) is 0 Å². The number of hydrogen-bond acceptors (Lipinski definition) is 5. The molecule has 0 spiro atoms. The molecule has 1 saturated heterocycles. The second-order valence-corrected chi connectivity index (χ2v) is 10.8. The number of rotatable bonds is 7. The number of carbonyl (C=O) groups is 1. The Bertz CT molecular complexity index is 791. The molecular formula is C22H34N2O5S. The first kappa shape index (κ1) is 23.0. The van der Waals surface area contributed by atoms with Gasteiger partial charge in [0.15, 0.2) is 0 Å². The van der Waals surface area contributed by atoms with Crippen LogP contribution in [0.2, 0.25) is 0 Å². The lowest BCUT2D eigenvalue weighted by Crippen LogP contribution is -2.50. The molecule has 1 aromatic carbocycles. The molecule has 2 atom stereocenters. The number of sulfonamides is 1. The Kier molecular flexibility index (Phi) is 7.76. The molecule has 2 aliphatic rings. The van der Waals surface area contributed by atoms with E-state index >= 15 is 0 Å². The van der Waals surface area contributed by atoms with Gasteiger partial charge in [-0.1, -0.05) is 30.3 Å². The van der Waals surface area contributed by atoms with E-state index < -0.39 is 21.4 Å². The van der Waals surface area contributed by atoms with Crippen molar-refractivity contribution in [1.82, 2.24) is 9.62 Å². The number of methoxy groups -OCH3 is 1. The van der Waals surface area contributed by atoms with Crippen LogP contribution in [0.15, 0.2) is 30.3 Å². The highest BCUT2D eigenvalue weighted by Crippen LogP contribution is 2.34. The summed E-state index contributed by atoms with van der Waals surface area (Å²) in [7, 11) is -2.09. The van der Waals surface area contributed by atoms with Gasteiger partial charge in [0.1, 0.15) is 0 Å². The summed E-state index contributed by atoms with van der Waals surface area (Å²) >= 11 is 0. The van der Waals surface area contributed by atoms with Crippen molar-refractivity contribution >= 4 is 16.1 Å². The molecule has 1 amide bonds. The normalized spacial score (nSPS) is 27.4. The lowest BCUT2D eigenvalue weighted by molar-refractivity contribution is -0.00536. The lowest BCUT2D eigenvalue weighted by Gasteiger charge is -2.32. The molecule has 168 valence electrons. The number of carbonyl (C=O) groups excluding carboxylic acids is 1. The Labute approximate surface area is 180 Å². The summed E-state index contributed by atoms with van der Waals surface area (Å²) in [6.45, 7) is 4.05. The number of likely N-dealkylation sites (tertiary alicyclic amines) is 1. The first-order valence-corrected chi connectivity index (χ1v) is 12.4. The maximum atomic E-state index is 12.4. The van der Waals surface area contributed by atoms with Crippen LogP contribution in [0, 0.1) is 0 Å². The topological polar surface area (TPSA) is 84.9 Å². The fraction of sp³-hybridized carbons (Fsp3) is 0.682. The lowest BCUT2D eigenvalue weighted by atomic mass is 9.83. The van der Waals surface area contributed by atoms with Gasteiger partial charge in [0, 0.05) is 12.6 Å². The van der Waals surface area contributed by atoms with Crippen LogP contribution in [-0.4, -0.2) is 63.1 Å². The van der Waals surface area contributed by atoms with Crippen molar-refractivity contribution in [2.45, 2.75) is 75.3 Å². The zero-order chi connectivity index (χ0) is 21.7. The van der Waals surface area contributed by atoms with Gasteiger partial charge in [-0.15, -0.1) is 0 Å². The Morgan fingerprint density at radius 2 is 1.80 bits per heavy atom. The Morgan fingerprint density at radius 1 is 1.13 bits per heavy atom. The summed E-state index contributed by atoms with van der Waals surface area (Å²) in [5.41, 5.74) is 1.38. The molecule has 0 radical (unpaired) electrons. The van der Waals surface area contributed by atoms with E-state index in [1.165, 1.54) is 12.7 Å². The summed E-state index contributed by atoms with van der Waals surface area (Å²) in [6, 6.07) is 9.84. The number of ether oxygens (including phenoxy) is 2. The van der Waals surface area contributed by atoms with E-state index in [2.05, 4.69) is 29.0 Å². The summed E-state index contributed by atoms with van der Waals surface area (Å²) in [6.07, 6.45) is 4.32. The SMILES string of the molecule is COC(=O)N1CCC(NS(=O)(=O)C(C)C)C1COC1CCC(c2ccccc2)CC1. The molecular weight excluding hydrogens is 404 g/mol. The third-order valence-electron chi connectivity index (χ3n) is 6.34. The highest BCUT2D eigenvalue weighted by molar-refractivity contribution is 7.90. The fourth-order valence-corrected chi connectivity index (χ4v) is 5.38. The maximum absolute atomic E-state index is 12.4. The zero-order valence-corrected chi connectivity index (χ0v) is 18.9. The molecule has 1 heterocycles. The van der Waals surface area contributed by atoms with Crippen molar-refractivity contribution in [3.05, 3.63) is 35.9 Å². The second-order valence-electron chi connectivity index (χ2n) is 8.56. The van der Waals surface area contributed by atoms with E-state index in [-0.39, 0.29) is 18.2 Å². The van der Waals surface area contributed by atoms with Gasteiger partial charge in [-0.25, -0.2) is 17.9 Å². The molecule has 1 aromatic rings. The minimum atomic E-state index is -3.44. The Morgan fingerprint density at radius 3 is 2.40 bits per heavy atom. The minimum absolute atomic E-state index is 0.132. The Hall–Kier alpha value is -1.64. The van der Waals surface area contributed by atoms with Gasteiger partial charge in [-0.2, -0.15) is 0 Å². The molecule has 1 N–H and O–H groups in total. The van der Waals surface area contributed by atoms with Gasteiger partial charge in [0.2, 0.25) is 10.0 Å². The molecule has 1 saturated carbocycles. The minimum Gasteiger partial charge on any atom is -0.453 e. The zero-order valence-electron chi connectivity index (χ0n) is 18.1. The predicted octanol–water partition coefficient (Wildman–Crippen LogP) is 3.27. The summed E-state index contributed by atoms with van der Waals surface area (Å²) in [4.78, 5) is 13.8. The van der Waals surface area contributed by atoms with Crippen molar-refractivity contribution in [2.24, 2.45) is 0 Å². The summed E-state index contributed by atoms with van der Waals surface area (Å²) < 4.78 is 38.6. The monoisotopic (exact) mass is 438 g/mol. The van der Waals surface area contributed by atoms with Gasteiger partial charge < -0.3 is 14.4 Å². The van der Waals surface area contributed by atoms with Crippen molar-refractivity contribution in [3.8, 4) is 0 Å². The largest absolute Gasteiger partial charge is 0.453 e. The molecule has 7 nitrogen and oxygen atoms in total. The maximum Gasteiger partial charge on any atom is 0.409 e. The van der Waals surface area contributed by atoms with Crippen LogP contribution in [0.4, 0.5) is 4.79 Å². The molecule has 0 bridgehead atoms. The quantitative estimate of drug-likeness (QED) is 0.706. The molecule has 30 heavy (non-hydrogen) atoms. The van der Waals surface area contributed by atoms with Crippen LogP contribution in [0.1, 0.15) is 57.4 Å². The van der Waals surface area contributed by atoms with Gasteiger partial charge >= 0.3 is 6.09 Å². The predicted molar refractivity (Wildman–Crippen MR) is 116 cm³/mol. The van der Waals surface area contributed by atoms with Crippen molar-refractivity contribution in [3.63, 3.8) is 0 Å². The third-order valence-corrected chi connectivity index (χ3v) is 8.21.